The highest BCUT2D eigenvalue weighted by molar-refractivity contribution is 9.10. The van der Waals surface area contributed by atoms with Gasteiger partial charge in [0.15, 0.2) is 0 Å². The van der Waals surface area contributed by atoms with Gasteiger partial charge in [-0.05, 0) is 37.6 Å². The van der Waals surface area contributed by atoms with Gasteiger partial charge in [0.25, 0.3) is 0 Å². The lowest BCUT2D eigenvalue weighted by molar-refractivity contribution is -0.130. The van der Waals surface area contributed by atoms with Gasteiger partial charge in [-0.1, -0.05) is 46.3 Å². The summed E-state index contributed by atoms with van der Waals surface area (Å²) in [4.78, 5) is 14.2. The smallest absolute Gasteiger partial charge is 0.227 e. The highest BCUT2D eigenvalue weighted by atomic mass is 79.9. The molecule has 0 heterocycles. The van der Waals surface area contributed by atoms with E-state index in [9.17, 15) is 4.79 Å². The molecule has 3 nitrogen and oxygen atoms in total. The molecule has 0 aliphatic rings. The summed E-state index contributed by atoms with van der Waals surface area (Å²) in [6.07, 6.45) is 0.352. The van der Waals surface area contributed by atoms with Crippen LogP contribution in [-0.4, -0.2) is 23.9 Å². The van der Waals surface area contributed by atoms with E-state index in [1.807, 2.05) is 67.3 Å². The van der Waals surface area contributed by atoms with Gasteiger partial charge in [0.2, 0.25) is 5.91 Å². The molecule has 0 radical (unpaired) electrons. The molecule has 4 heteroatoms. The highest BCUT2D eigenvalue weighted by Crippen LogP contribution is 2.25. The van der Waals surface area contributed by atoms with Crippen LogP contribution in [0.15, 0.2) is 53.0 Å². The number of nitrogens with zero attached hydrogens (tertiary/aromatic N) is 1. The molecule has 0 aromatic heterocycles. The van der Waals surface area contributed by atoms with E-state index in [4.69, 9.17) is 4.74 Å². The van der Waals surface area contributed by atoms with Crippen molar-refractivity contribution in [3.63, 3.8) is 0 Å². The molecule has 0 fully saturated rings. The normalized spacial score (nSPS) is 10.4. The summed E-state index contributed by atoms with van der Waals surface area (Å²) >= 11 is 3.47. The highest BCUT2D eigenvalue weighted by Gasteiger charge is 2.14. The molecule has 2 aromatic rings. The average Bonchev–Trinajstić information content (AvgIpc) is 2.56. The maximum atomic E-state index is 12.4. The van der Waals surface area contributed by atoms with Crippen LogP contribution in [0.3, 0.4) is 0 Å². The molecule has 2 rings (SSSR count). The van der Waals surface area contributed by atoms with E-state index in [2.05, 4.69) is 15.9 Å². The first-order chi connectivity index (χ1) is 11.1. The summed E-state index contributed by atoms with van der Waals surface area (Å²) in [6.45, 7) is 5.94. The number of ether oxygens (including phenoxy) is 1. The van der Waals surface area contributed by atoms with Crippen LogP contribution in [0.25, 0.3) is 0 Å². The fraction of sp³-hybridized carbons (Fsp3) is 0.316. The number of amides is 1. The van der Waals surface area contributed by atoms with Crippen molar-refractivity contribution in [2.45, 2.75) is 26.9 Å². The lowest BCUT2D eigenvalue weighted by Gasteiger charge is -2.19. The molecule has 0 bridgehead atoms. The van der Waals surface area contributed by atoms with Crippen molar-refractivity contribution < 1.29 is 9.53 Å². The lowest BCUT2D eigenvalue weighted by atomic mass is 10.1. The molecule has 0 N–H and O–H groups in total. The first-order valence-corrected chi connectivity index (χ1v) is 8.66. The first-order valence-electron chi connectivity index (χ1n) is 7.87. The van der Waals surface area contributed by atoms with Crippen LogP contribution in [0.4, 0.5) is 0 Å². The summed E-state index contributed by atoms with van der Waals surface area (Å²) in [7, 11) is 0. The van der Waals surface area contributed by atoms with Gasteiger partial charge in [0.1, 0.15) is 12.4 Å². The standard InChI is InChI=1S/C19H22BrNO2/c1-3-21(4-2)19(22)13-16-12-17(20)10-11-18(16)23-14-15-8-6-5-7-9-15/h5-12H,3-4,13-14H2,1-2H3. The van der Waals surface area contributed by atoms with Gasteiger partial charge in [-0.25, -0.2) is 0 Å². The van der Waals surface area contributed by atoms with Crippen molar-refractivity contribution in [2.24, 2.45) is 0 Å². The minimum absolute atomic E-state index is 0.123. The zero-order chi connectivity index (χ0) is 16.7. The molecule has 122 valence electrons. The van der Waals surface area contributed by atoms with Crippen LogP contribution in [0.1, 0.15) is 25.0 Å². The molecule has 0 saturated heterocycles. The summed E-state index contributed by atoms with van der Waals surface area (Å²) in [5.74, 6) is 0.884. The second kappa shape index (κ2) is 8.73. The van der Waals surface area contributed by atoms with Gasteiger partial charge in [-0.3, -0.25) is 4.79 Å². The van der Waals surface area contributed by atoms with E-state index in [0.717, 1.165) is 34.4 Å². The molecule has 0 aliphatic heterocycles. The topological polar surface area (TPSA) is 29.5 Å². The fourth-order valence-corrected chi connectivity index (χ4v) is 2.82. The zero-order valence-corrected chi connectivity index (χ0v) is 15.2. The van der Waals surface area contributed by atoms with Gasteiger partial charge in [0.05, 0.1) is 6.42 Å². The monoisotopic (exact) mass is 375 g/mol. The van der Waals surface area contributed by atoms with Crippen molar-refractivity contribution in [3.05, 3.63) is 64.1 Å². The Morgan fingerprint density at radius 3 is 2.43 bits per heavy atom. The Morgan fingerprint density at radius 1 is 1.09 bits per heavy atom. The van der Waals surface area contributed by atoms with Crippen LogP contribution in [0.2, 0.25) is 0 Å². The van der Waals surface area contributed by atoms with Crippen LogP contribution in [-0.2, 0) is 17.8 Å². The van der Waals surface area contributed by atoms with Gasteiger partial charge in [-0.15, -0.1) is 0 Å². The number of hydrogen-bond donors (Lipinski definition) is 0. The third-order valence-corrected chi connectivity index (χ3v) is 4.21. The predicted octanol–water partition coefficient (Wildman–Crippen LogP) is 4.44. The largest absolute Gasteiger partial charge is 0.489 e. The minimum Gasteiger partial charge on any atom is -0.489 e. The van der Waals surface area contributed by atoms with E-state index in [-0.39, 0.29) is 5.91 Å². The second-order valence-electron chi connectivity index (χ2n) is 5.27. The molecule has 2 aromatic carbocycles. The van der Waals surface area contributed by atoms with E-state index in [0.29, 0.717) is 13.0 Å². The Labute approximate surface area is 146 Å². The molecular formula is C19H22BrNO2. The van der Waals surface area contributed by atoms with Crippen LogP contribution in [0, 0.1) is 0 Å². The van der Waals surface area contributed by atoms with E-state index in [1.54, 1.807) is 0 Å². The Hall–Kier alpha value is -1.81. The number of rotatable bonds is 7. The quantitative estimate of drug-likeness (QED) is 0.715. The van der Waals surface area contributed by atoms with Crippen molar-refractivity contribution >= 4 is 21.8 Å². The number of hydrogen-bond acceptors (Lipinski definition) is 2. The van der Waals surface area contributed by atoms with Crippen molar-refractivity contribution in [1.29, 1.82) is 0 Å². The van der Waals surface area contributed by atoms with Gasteiger partial charge < -0.3 is 9.64 Å². The maximum absolute atomic E-state index is 12.4. The molecule has 0 aliphatic carbocycles. The number of halogens is 1. The van der Waals surface area contributed by atoms with Gasteiger partial charge in [-0.2, -0.15) is 0 Å². The molecule has 0 atom stereocenters. The third kappa shape index (κ3) is 5.10. The first kappa shape index (κ1) is 17.5. The van der Waals surface area contributed by atoms with Crippen molar-refractivity contribution in [3.8, 4) is 5.75 Å². The molecule has 0 saturated carbocycles. The summed E-state index contributed by atoms with van der Waals surface area (Å²) < 4.78 is 6.89. The number of likely N-dealkylation sites (N-methyl/N-ethyl adjacent to an activating group) is 1. The van der Waals surface area contributed by atoms with E-state index < -0.39 is 0 Å². The summed E-state index contributed by atoms with van der Waals surface area (Å²) in [5, 5.41) is 0. The molecule has 1 amide bonds. The Balaban J connectivity index is 2.12. The van der Waals surface area contributed by atoms with Gasteiger partial charge in [0, 0.05) is 23.1 Å². The molecule has 0 unspecified atom stereocenters. The zero-order valence-electron chi connectivity index (χ0n) is 13.6. The van der Waals surface area contributed by atoms with Crippen LogP contribution in [0.5, 0.6) is 5.75 Å². The average molecular weight is 376 g/mol. The summed E-state index contributed by atoms with van der Waals surface area (Å²) in [6, 6.07) is 15.8. The summed E-state index contributed by atoms with van der Waals surface area (Å²) in [5.41, 5.74) is 2.02. The maximum Gasteiger partial charge on any atom is 0.227 e. The molecule has 0 spiro atoms. The predicted molar refractivity (Wildman–Crippen MR) is 96.5 cm³/mol. The minimum atomic E-state index is 0.123. The van der Waals surface area contributed by atoms with E-state index >= 15 is 0 Å². The Morgan fingerprint density at radius 2 is 1.78 bits per heavy atom. The number of carbonyl (C=O) groups is 1. The third-order valence-electron chi connectivity index (χ3n) is 3.72. The molecular weight excluding hydrogens is 354 g/mol. The second-order valence-corrected chi connectivity index (χ2v) is 6.18. The number of carbonyl (C=O) groups excluding carboxylic acids is 1. The molecule has 23 heavy (non-hydrogen) atoms. The SMILES string of the molecule is CCN(CC)C(=O)Cc1cc(Br)ccc1OCc1ccccc1. The van der Waals surface area contributed by atoms with Gasteiger partial charge >= 0.3 is 0 Å². The Kier molecular flexibility index (Phi) is 6.66. The number of benzene rings is 2. The van der Waals surface area contributed by atoms with Crippen molar-refractivity contribution in [1.82, 2.24) is 4.90 Å². The lowest BCUT2D eigenvalue weighted by Crippen LogP contribution is -2.31. The fourth-order valence-electron chi connectivity index (χ4n) is 2.41. The van der Waals surface area contributed by atoms with Crippen molar-refractivity contribution in [2.75, 3.05) is 13.1 Å². The van der Waals surface area contributed by atoms with Crippen LogP contribution < -0.4 is 4.74 Å². The van der Waals surface area contributed by atoms with E-state index in [1.165, 1.54) is 0 Å². The Bertz CT molecular complexity index is 639. The van der Waals surface area contributed by atoms with Crippen LogP contribution >= 0.6 is 15.9 Å².